The van der Waals surface area contributed by atoms with Crippen molar-refractivity contribution >= 4 is 12.1 Å². The van der Waals surface area contributed by atoms with Gasteiger partial charge in [0.1, 0.15) is 11.4 Å². The smallest absolute Gasteiger partial charge is 0.407 e. The van der Waals surface area contributed by atoms with Crippen molar-refractivity contribution in [3.63, 3.8) is 0 Å². The SMILES string of the molecule is CCC(C(=O)O)[C@@H]1CCc2cc(OCCCNC(=O)OC(C)(C)C)ccc21. The van der Waals surface area contributed by atoms with Crippen molar-refractivity contribution < 1.29 is 24.2 Å². The molecular formula is C21H31NO5. The van der Waals surface area contributed by atoms with Crippen LogP contribution in [0.4, 0.5) is 4.79 Å². The van der Waals surface area contributed by atoms with Crippen molar-refractivity contribution in [1.82, 2.24) is 5.32 Å². The summed E-state index contributed by atoms with van der Waals surface area (Å²) in [5.74, 6) is -0.158. The van der Waals surface area contributed by atoms with Gasteiger partial charge in [-0.05, 0) is 75.6 Å². The standard InChI is InChI=1S/C21H31NO5/c1-5-16(19(23)24)18-9-7-14-13-15(8-10-17(14)18)26-12-6-11-22-20(25)27-21(2,3)4/h8,10,13,16,18H,5-7,9,11-12H2,1-4H3,(H,22,25)(H,23,24)/t16?,18-/m0/s1. The molecule has 0 aliphatic heterocycles. The van der Waals surface area contributed by atoms with E-state index in [2.05, 4.69) is 5.32 Å². The molecule has 150 valence electrons. The lowest BCUT2D eigenvalue weighted by Crippen LogP contribution is -2.33. The second-order valence-corrected chi connectivity index (χ2v) is 7.99. The third-order valence-electron chi connectivity index (χ3n) is 4.74. The van der Waals surface area contributed by atoms with Gasteiger partial charge in [0.2, 0.25) is 0 Å². The summed E-state index contributed by atoms with van der Waals surface area (Å²) >= 11 is 0. The predicted octanol–water partition coefficient (Wildman–Crippen LogP) is 4.12. The fourth-order valence-corrected chi connectivity index (χ4v) is 3.53. The van der Waals surface area contributed by atoms with E-state index in [-0.39, 0.29) is 11.8 Å². The molecule has 1 aromatic carbocycles. The second-order valence-electron chi connectivity index (χ2n) is 7.99. The minimum Gasteiger partial charge on any atom is -0.494 e. The fourth-order valence-electron chi connectivity index (χ4n) is 3.53. The molecule has 0 bridgehead atoms. The summed E-state index contributed by atoms with van der Waals surface area (Å²) in [5, 5.41) is 12.1. The average Bonchev–Trinajstić information content (AvgIpc) is 2.96. The van der Waals surface area contributed by atoms with Gasteiger partial charge in [-0.15, -0.1) is 0 Å². The van der Waals surface area contributed by atoms with Crippen molar-refractivity contribution in [3.05, 3.63) is 29.3 Å². The van der Waals surface area contributed by atoms with E-state index >= 15 is 0 Å². The summed E-state index contributed by atoms with van der Waals surface area (Å²) in [6.07, 6.45) is 2.66. The lowest BCUT2D eigenvalue weighted by molar-refractivity contribution is -0.142. The molecule has 27 heavy (non-hydrogen) atoms. The first-order chi connectivity index (χ1) is 12.7. The summed E-state index contributed by atoms with van der Waals surface area (Å²) in [6, 6.07) is 5.94. The van der Waals surface area contributed by atoms with Gasteiger partial charge in [-0.1, -0.05) is 13.0 Å². The Morgan fingerprint density at radius 1 is 1.33 bits per heavy atom. The van der Waals surface area contributed by atoms with Gasteiger partial charge >= 0.3 is 12.1 Å². The van der Waals surface area contributed by atoms with Gasteiger partial charge in [-0.2, -0.15) is 0 Å². The Labute approximate surface area is 161 Å². The van der Waals surface area contributed by atoms with Crippen molar-refractivity contribution in [1.29, 1.82) is 0 Å². The maximum Gasteiger partial charge on any atom is 0.407 e. The van der Waals surface area contributed by atoms with E-state index in [9.17, 15) is 14.7 Å². The molecule has 0 radical (unpaired) electrons. The number of hydrogen-bond donors (Lipinski definition) is 2. The Balaban J connectivity index is 1.80. The molecule has 2 N–H and O–H groups in total. The Bertz CT molecular complexity index is 665. The van der Waals surface area contributed by atoms with Crippen molar-refractivity contribution in [3.8, 4) is 5.75 Å². The maximum absolute atomic E-state index is 11.6. The average molecular weight is 377 g/mol. The number of aryl methyl sites for hydroxylation is 1. The minimum absolute atomic E-state index is 0.0922. The van der Waals surface area contributed by atoms with Crippen LogP contribution >= 0.6 is 0 Å². The Hall–Kier alpha value is -2.24. The number of hydrogen-bond acceptors (Lipinski definition) is 4. The summed E-state index contributed by atoms with van der Waals surface area (Å²) in [6.45, 7) is 8.39. The summed E-state index contributed by atoms with van der Waals surface area (Å²) in [7, 11) is 0. The molecule has 2 atom stereocenters. The number of ether oxygens (including phenoxy) is 2. The van der Waals surface area contributed by atoms with Gasteiger partial charge in [0.05, 0.1) is 12.5 Å². The monoisotopic (exact) mass is 377 g/mol. The zero-order valence-electron chi connectivity index (χ0n) is 16.7. The molecule has 1 aliphatic carbocycles. The van der Waals surface area contributed by atoms with E-state index in [1.807, 2.05) is 45.9 Å². The van der Waals surface area contributed by atoms with Crippen LogP contribution in [0.5, 0.6) is 5.75 Å². The first-order valence-corrected chi connectivity index (χ1v) is 9.66. The fraction of sp³-hybridized carbons (Fsp3) is 0.619. The number of carbonyl (C=O) groups is 2. The molecule has 0 saturated heterocycles. The molecular weight excluding hydrogens is 346 g/mol. The lowest BCUT2D eigenvalue weighted by Gasteiger charge is -2.19. The highest BCUT2D eigenvalue weighted by molar-refractivity contribution is 5.72. The van der Waals surface area contributed by atoms with Crippen LogP contribution in [-0.4, -0.2) is 35.9 Å². The maximum atomic E-state index is 11.6. The third-order valence-corrected chi connectivity index (χ3v) is 4.74. The summed E-state index contributed by atoms with van der Waals surface area (Å²) < 4.78 is 11.0. The second kappa shape index (κ2) is 9.11. The molecule has 2 rings (SSSR count). The van der Waals surface area contributed by atoms with E-state index in [0.717, 1.165) is 24.2 Å². The number of nitrogens with one attached hydrogen (secondary N) is 1. The van der Waals surface area contributed by atoms with Crippen LogP contribution < -0.4 is 10.1 Å². The highest BCUT2D eigenvalue weighted by atomic mass is 16.6. The van der Waals surface area contributed by atoms with E-state index < -0.39 is 17.7 Å². The molecule has 0 spiro atoms. The molecule has 1 unspecified atom stereocenters. The lowest BCUT2D eigenvalue weighted by atomic mass is 9.85. The third kappa shape index (κ3) is 6.15. The molecule has 0 fully saturated rings. The number of carbonyl (C=O) groups excluding carboxylic acids is 1. The zero-order valence-corrected chi connectivity index (χ0v) is 16.7. The van der Waals surface area contributed by atoms with Gasteiger partial charge < -0.3 is 19.9 Å². The molecule has 1 aliphatic rings. The number of aliphatic carboxylic acids is 1. The van der Waals surface area contributed by atoms with Crippen LogP contribution in [0.1, 0.15) is 64.0 Å². The molecule has 1 amide bonds. The predicted molar refractivity (Wildman–Crippen MR) is 103 cm³/mol. The number of amides is 1. The first kappa shape index (κ1) is 21.1. The minimum atomic E-state index is -0.715. The highest BCUT2D eigenvalue weighted by Crippen LogP contribution is 2.41. The van der Waals surface area contributed by atoms with Gasteiger partial charge in [0.15, 0.2) is 0 Å². The number of benzene rings is 1. The number of carboxylic acids is 1. The van der Waals surface area contributed by atoms with Crippen LogP contribution in [0.2, 0.25) is 0 Å². The number of alkyl carbamates (subject to hydrolysis) is 1. The molecule has 0 aromatic heterocycles. The van der Waals surface area contributed by atoms with Gasteiger partial charge in [0.25, 0.3) is 0 Å². The number of fused-ring (bicyclic) bond motifs is 1. The highest BCUT2D eigenvalue weighted by Gasteiger charge is 2.33. The van der Waals surface area contributed by atoms with Crippen LogP contribution in [-0.2, 0) is 16.0 Å². The topological polar surface area (TPSA) is 84.9 Å². The molecule has 0 saturated carbocycles. The zero-order chi connectivity index (χ0) is 20.0. The summed E-state index contributed by atoms with van der Waals surface area (Å²) in [4.78, 5) is 23.0. The summed E-state index contributed by atoms with van der Waals surface area (Å²) in [5.41, 5.74) is 1.83. The molecule has 1 aromatic rings. The molecule has 6 heteroatoms. The molecule has 0 heterocycles. The molecule has 6 nitrogen and oxygen atoms in total. The van der Waals surface area contributed by atoms with Crippen LogP contribution in [0.3, 0.4) is 0 Å². The van der Waals surface area contributed by atoms with Crippen molar-refractivity contribution in [2.75, 3.05) is 13.2 Å². The van der Waals surface area contributed by atoms with Gasteiger partial charge in [0, 0.05) is 6.54 Å². The Morgan fingerprint density at radius 3 is 2.70 bits per heavy atom. The largest absolute Gasteiger partial charge is 0.494 e. The Kier molecular flexibility index (Phi) is 7.11. The van der Waals surface area contributed by atoms with E-state index in [1.165, 1.54) is 5.56 Å². The van der Waals surface area contributed by atoms with E-state index in [0.29, 0.717) is 26.0 Å². The van der Waals surface area contributed by atoms with Crippen LogP contribution in [0, 0.1) is 5.92 Å². The normalized spacial score (nSPS) is 17.1. The van der Waals surface area contributed by atoms with Crippen molar-refractivity contribution in [2.45, 2.75) is 64.9 Å². The quantitative estimate of drug-likeness (QED) is 0.666. The van der Waals surface area contributed by atoms with Crippen LogP contribution in [0.15, 0.2) is 18.2 Å². The van der Waals surface area contributed by atoms with E-state index in [4.69, 9.17) is 9.47 Å². The van der Waals surface area contributed by atoms with E-state index in [1.54, 1.807) is 0 Å². The first-order valence-electron chi connectivity index (χ1n) is 9.66. The van der Waals surface area contributed by atoms with Crippen LogP contribution in [0.25, 0.3) is 0 Å². The van der Waals surface area contributed by atoms with Gasteiger partial charge in [-0.25, -0.2) is 4.79 Å². The number of rotatable bonds is 8. The van der Waals surface area contributed by atoms with Crippen molar-refractivity contribution in [2.24, 2.45) is 5.92 Å². The Morgan fingerprint density at radius 2 is 2.07 bits per heavy atom. The van der Waals surface area contributed by atoms with Gasteiger partial charge in [-0.3, -0.25) is 4.79 Å². The number of carboxylic acid groups (broad SMARTS) is 1.